The van der Waals surface area contributed by atoms with Crippen LogP contribution in [0.25, 0.3) is 0 Å². The van der Waals surface area contributed by atoms with Crippen LogP contribution >= 0.6 is 0 Å². The van der Waals surface area contributed by atoms with Gasteiger partial charge in [-0.2, -0.15) is 0 Å². The van der Waals surface area contributed by atoms with Crippen molar-refractivity contribution in [3.05, 3.63) is 29.3 Å². The number of hydrogen-bond donors (Lipinski definition) is 1. The van der Waals surface area contributed by atoms with E-state index in [1.165, 1.54) is 42.5 Å². The standard InChI is InChI=1S/C15H21NO/c1-11-3-2-4-14(7-11)16-15-6-5-12-9-17-10-13(12)8-15/h5-6,8,11,14,16H,2-4,7,9-10H2,1H3. The predicted molar refractivity (Wildman–Crippen MR) is 70.0 cm³/mol. The molecule has 1 fully saturated rings. The maximum Gasteiger partial charge on any atom is 0.0725 e. The molecule has 0 aromatic heterocycles. The Morgan fingerprint density at radius 1 is 1.18 bits per heavy atom. The molecule has 0 amide bonds. The summed E-state index contributed by atoms with van der Waals surface area (Å²) in [6.45, 7) is 3.94. The number of anilines is 1. The largest absolute Gasteiger partial charge is 0.382 e. The Kier molecular flexibility index (Phi) is 3.06. The summed E-state index contributed by atoms with van der Waals surface area (Å²) >= 11 is 0. The Labute approximate surface area is 103 Å². The van der Waals surface area contributed by atoms with E-state index in [2.05, 4.69) is 30.4 Å². The quantitative estimate of drug-likeness (QED) is 0.837. The van der Waals surface area contributed by atoms with Crippen molar-refractivity contribution in [3.8, 4) is 0 Å². The number of benzene rings is 1. The minimum atomic E-state index is 0.666. The zero-order valence-corrected chi connectivity index (χ0v) is 10.5. The zero-order valence-electron chi connectivity index (χ0n) is 10.5. The first-order chi connectivity index (χ1) is 8.31. The first-order valence-corrected chi connectivity index (χ1v) is 6.77. The van der Waals surface area contributed by atoms with Crippen LogP contribution in [0.3, 0.4) is 0 Å². The lowest BCUT2D eigenvalue weighted by Gasteiger charge is -2.28. The van der Waals surface area contributed by atoms with E-state index in [0.29, 0.717) is 6.04 Å². The van der Waals surface area contributed by atoms with Gasteiger partial charge >= 0.3 is 0 Å². The lowest BCUT2D eigenvalue weighted by Crippen LogP contribution is -2.26. The number of rotatable bonds is 2. The van der Waals surface area contributed by atoms with Crippen LogP contribution in [-0.2, 0) is 18.0 Å². The molecule has 1 aromatic carbocycles. The topological polar surface area (TPSA) is 21.3 Å². The summed E-state index contributed by atoms with van der Waals surface area (Å²) in [5.41, 5.74) is 3.99. The molecule has 3 rings (SSSR count). The molecule has 0 bridgehead atoms. The van der Waals surface area contributed by atoms with Crippen LogP contribution in [0.2, 0.25) is 0 Å². The molecular formula is C15H21NO. The molecule has 1 N–H and O–H groups in total. The highest BCUT2D eigenvalue weighted by Gasteiger charge is 2.19. The minimum Gasteiger partial charge on any atom is -0.382 e. The summed E-state index contributed by atoms with van der Waals surface area (Å²) in [7, 11) is 0. The van der Waals surface area contributed by atoms with E-state index in [0.717, 1.165) is 19.1 Å². The van der Waals surface area contributed by atoms with Crippen LogP contribution in [-0.4, -0.2) is 6.04 Å². The van der Waals surface area contributed by atoms with Crippen LogP contribution < -0.4 is 5.32 Å². The van der Waals surface area contributed by atoms with Crippen molar-refractivity contribution in [2.45, 2.75) is 51.9 Å². The number of ether oxygens (including phenoxy) is 1. The maximum atomic E-state index is 5.45. The molecule has 1 aliphatic heterocycles. The number of nitrogens with one attached hydrogen (secondary N) is 1. The van der Waals surface area contributed by atoms with E-state index in [1.807, 2.05) is 0 Å². The van der Waals surface area contributed by atoms with Gasteiger partial charge in [0.1, 0.15) is 0 Å². The van der Waals surface area contributed by atoms with Gasteiger partial charge in [0.05, 0.1) is 13.2 Å². The van der Waals surface area contributed by atoms with Crippen LogP contribution in [0.5, 0.6) is 0 Å². The number of fused-ring (bicyclic) bond motifs is 1. The fourth-order valence-electron chi connectivity index (χ4n) is 3.06. The molecule has 1 aliphatic carbocycles. The molecule has 2 unspecified atom stereocenters. The Morgan fingerprint density at radius 3 is 2.94 bits per heavy atom. The van der Waals surface area contributed by atoms with Gasteiger partial charge < -0.3 is 10.1 Å². The van der Waals surface area contributed by atoms with Crippen molar-refractivity contribution in [1.29, 1.82) is 0 Å². The molecular weight excluding hydrogens is 210 g/mol. The van der Waals surface area contributed by atoms with Crippen molar-refractivity contribution in [2.75, 3.05) is 5.32 Å². The van der Waals surface area contributed by atoms with Crippen molar-refractivity contribution in [2.24, 2.45) is 5.92 Å². The smallest absolute Gasteiger partial charge is 0.0725 e. The van der Waals surface area contributed by atoms with Crippen LogP contribution in [0.1, 0.15) is 43.7 Å². The van der Waals surface area contributed by atoms with Gasteiger partial charge in [-0.1, -0.05) is 25.8 Å². The molecule has 1 aromatic rings. The third-order valence-corrected chi connectivity index (χ3v) is 4.03. The van der Waals surface area contributed by atoms with Gasteiger partial charge in [0, 0.05) is 11.7 Å². The highest BCUT2D eigenvalue weighted by atomic mass is 16.5. The van der Waals surface area contributed by atoms with Gasteiger partial charge in [0.2, 0.25) is 0 Å². The third-order valence-electron chi connectivity index (χ3n) is 4.03. The monoisotopic (exact) mass is 231 g/mol. The fraction of sp³-hybridized carbons (Fsp3) is 0.600. The maximum absolute atomic E-state index is 5.45. The summed E-state index contributed by atoms with van der Waals surface area (Å²) < 4.78 is 5.45. The average Bonchev–Trinajstić information content (AvgIpc) is 2.76. The second-order valence-electron chi connectivity index (χ2n) is 5.59. The van der Waals surface area contributed by atoms with Crippen molar-refractivity contribution < 1.29 is 4.74 Å². The summed E-state index contributed by atoms with van der Waals surface area (Å²) in [5, 5.41) is 3.69. The molecule has 2 heteroatoms. The lowest BCUT2D eigenvalue weighted by molar-refractivity contribution is 0.134. The molecule has 92 valence electrons. The molecule has 2 nitrogen and oxygen atoms in total. The summed E-state index contributed by atoms with van der Waals surface area (Å²) in [6, 6.07) is 7.34. The van der Waals surface area contributed by atoms with Crippen molar-refractivity contribution in [3.63, 3.8) is 0 Å². The average molecular weight is 231 g/mol. The first-order valence-electron chi connectivity index (χ1n) is 6.77. The molecule has 17 heavy (non-hydrogen) atoms. The van der Waals surface area contributed by atoms with E-state index >= 15 is 0 Å². The normalized spacial score (nSPS) is 27.8. The van der Waals surface area contributed by atoms with Crippen molar-refractivity contribution in [1.82, 2.24) is 0 Å². The molecule has 0 saturated heterocycles. The third kappa shape index (κ3) is 2.47. The van der Waals surface area contributed by atoms with E-state index in [9.17, 15) is 0 Å². The van der Waals surface area contributed by atoms with Crippen LogP contribution in [0.4, 0.5) is 5.69 Å². The SMILES string of the molecule is CC1CCCC(Nc2ccc3c(c2)COC3)C1. The van der Waals surface area contributed by atoms with Gasteiger partial charge in [0.15, 0.2) is 0 Å². The van der Waals surface area contributed by atoms with Gasteiger partial charge in [-0.25, -0.2) is 0 Å². The van der Waals surface area contributed by atoms with E-state index < -0.39 is 0 Å². The Balaban J connectivity index is 1.68. The zero-order chi connectivity index (χ0) is 11.7. The highest BCUT2D eigenvalue weighted by molar-refractivity contribution is 5.50. The molecule has 1 heterocycles. The molecule has 0 radical (unpaired) electrons. The van der Waals surface area contributed by atoms with Gasteiger partial charge in [0.25, 0.3) is 0 Å². The number of hydrogen-bond acceptors (Lipinski definition) is 2. The summed E-state index contributed by atoms with van der Waals surface area (Å²) in [4.78, 5) is 0. The van der Waals surface area contributed by atoms with Gasteiger partial charge in [-0.15, -0.1) is 0 Å². The second kappa shape index (κ2) is 4.69. The molecule has 2 aliphatic rings. The van der Waals surface area contributed by atoms with E-state index in [1.54, 1.807) is 0 Å². The van der Waals surface area contributed by atoms with Crippen LogP contribution in [0, 0.1) is 5.92 Å². The molecule has 1 saturated carbocycles. The first kappa shape index (κ1) is 11.1. The second-order valence-corrected chi connectivity index (χ2v) is 5.59. The molecule has 0 spiro atoms. The Hall–Kier alpha value is -1.02. The summed E-state index contributed by atoms with van der Waals surface area (Å²) in [5.74, 6) is 0.874. The lowest BCUT2D eigenvalue weighted by atomic mass is 9.87. The minimum absolute atomic E-state index is 0.666. The van der Waals surface area contributed by atoms with Gasteiger partial charge in [-0.05, 0) is 42.0 Å². The predicted octanol–water partition coefficient (Wildman–Crippen LogP) is 3.71. The van der Waals surface area contributed by atoms with E-state index in [4.69, 9.17) is 4.74 Å². The highest BCUT2D eigenvalue weighted by Crippen LogP contribution is 2.28. The van der Waals surface area contributed by atoms with Gasteiger partial charge in [-0.3, -0.25) is 0 Å². The Bertz CT molecular complexity index is 402. The molecule has 2 atom stereocenters. The van der Waals surface area contributed by atoms with E-state index in [-0.39, 0.29) is 0 Å². The van der Waals surface area contributed by atoms with Crippen molar-refractivity contribution >= 4 is 5.69 Å². The summed E-state index contributed by atoms with van der Waals surface area (Å²) in [6.07, 6.45) is 5.40. The Morgan fingerprint density at radius 2 is 2.06 bits per heavy atom. The van der Waals surface area contributed by atoms with Crippen LogP contribution in [0.15, 0.2) is 18.2 Å². The fourth-order valence-corrected chi connectivity index (χ4v) is 3.06.